The topological polar surface area (TPSA) is 54.9 Å². The Labute approximate surface area is 184 Å². The van der Waals surface area contributed by atoms with Crippen molar-refractivity contribution >= 4 is 57.2 Å². The summed E-state index contributed by atoms with van der Waals surface area (Å²) in [6.45, 7) is 4.35. The number of nitrogens with one attached hydrogen (secondary N) is 2. The highest BCUT2D eigenvalue weighted by atomic mass is 127. The molecule has 0 spiro atoms. The number of thiophene rings is 1. The lowest BCUT2D eigenvalue weighted by molar-refractivity contribution is 0.354. The Morgan fingerprint density at radius 1 is 1.12 bits per heavy atom. The Morgan fingerprint density at radius 3 is 2.50 bits per heavy atom. The molecule has 0 fully saturated rings. The third-order valence-electron chi connectivity index (χ3n) is 3.52. The fraction of sp³-hybridized carbons (Fsp3) is 0.389. The highest BCUT2D eigenvalue weighted by Gasteiger charge is 2.05. The molecule has 1 heterocycles. The van der Waals surface area contributed by atoms with E-state index in [0.29, 0.717) is 6.54 Å². The van der Waals surface area contributed by atoms with Gasteiger partial charge in [-0.3, -0.25) is 0 Å². The number of benzene rings is 1. The molecular formula is C18H25BrIN3O2S. The van der Waals surface area contributed by atoms with Gasteiger partial charge in [0.1, 0.15) is 0 Å². The van der Waals surface area contributed by atoms with Crippen LogP contribution in [0.1, 0.15) is 17.4 Å². The smallest absolute Gasteiger partial charge is 0.191 e. The van der Waals surface area contributed by atoms with Gasteiger partial charge in [0.25, 0.3) is 0 Å². The quantitative estimate of drug-likeness (QED) is 0.288. The number of rotatable bonds is 8. The van der Waals surface area contributed by atoms with Crippen LogP contribution in [0.5, 0.6) is 11.5 Å². The Bertz CT molecular complexity index is 709. The summed E-state index contributed by atoms with van der Waals surface area (Å²) in [6, 6.07) is 10.1. The van der Waals surface area contributed by atoms with Gasteiger partial charge in [-0.2, -0.15) is 0 Å². The van der Waals surface area contributed by atoms with Crippen molar-refractivity contribution < 1.29 is 9.47 Å². The predicted molar refractivity (Wildman–Crippen MR) is 124 cm³/mol. The van der Waals surface area contributed by atoms with Gasteiger partial charge >= 0.3 is 0 Å². The second-order valence-corrected chi connectivity index (χ2v) is 7.81. The summed E-state index contributed by atoms with van der Waals surface area (Å²) in [5.74, 6) is 2.33. The SMILES string of the molecule is CCNC(=NCc1ccc(Br)s1)NCCc1ccc(OC)c(OC)c1.I. The average molecular weight is 554 g/mol. The van der Waals surface area contributed by atoms with Crippen LogP contribution in [0.25, 0.3) is 0 Å². The van der Waals surface area contributed by atoms with Crippen LogP contribution in [0.4, 0.5) is 0 Å². The van der Waals surface area contributed by atoms with Crippen LogP contribution >= 0.6 is 51.2 Å². The predicted octanol–water partition coefficient (Wildman–Crippen LogP) is 4.44. The van der Waals surface area contributed by atoms with Crippen LogP contribution in [-0.2, 0) is 13.0 Å². The van der Waals surface area contributed by atoms with E-state index in [-0.39, 0.29) is 24.0 Å². The first-order valence-electron chi connectivity index (χ1n) is 8.13. The van der Waals surface area contributed by atoms with E-state index in [0.717, 1.165) is 40.8 Å². The van der Waals surface area contributed by atoms with Crippen molar-refractivity contribution in [3.63, 3.8) is 0 Å². The van der Waals surface area contributed by atoms with Gasteiger partial charge < -0.3 is 20.1 Å². The fourth-order valence-corrected chi connectivity index (χ4v) is 3.70. The van der Waals surface area contributed by atoms with Gasteiger partial charge in [-0.15, -0.1) is 35.3 Å². The van der Waals surface area contributed by atoms with Crippen LogP contribution in [0.15, 0.2) is 39.1 Å². The molecule has 0 atom stereocenters. The molecule has 0 saturated carbocycles. The second kappa shape index (κ2) is 12.4. The summed E-state index contributed by atoms with van der Waals surface area (Å²) in [4.78, 5) is 5.85. The van der Waals surface area contributed by atoms with Crippen molar-refractivity contribution in [3.05, 3.63) is 44.6 Å². The molecule has 0 unspecified atom stereocenters. The number of hydrogen-bond acceptors (Lipinski definition) is 4. The molecule has 144 valence electrons. The minimum absolute atomic E-state index is 0. The molecule has 0 amide bonds. The second-order valence-electron chi connectivity index (χ2n) is 5.27. The highest BCUT2D eigenvalue weighted by molar-refractivity contribution is 14.0. The van der Waals surface area contributed by atoms with Crippen molar-refractivity contribution in [1.82, 2.24) is 10.6 Å². The summed E-state index contributed by atoms with van der Waals surface area (Å²) in [7, 11) is 3.29. The number of halogens is 2. The molecular weight excluding hydrogens is 529 g/mol. The largest absolute Gasteiger partial charge is 0.493 e. The summed E-state index contributed by atoms with van der Waals surface area (Å²) in [5, 5.41) is 6.65. The van der Waals surface area contributed by atoms with Gasteiger partial charge in [0.05, 0.1) is 24.6 Å². The molecule has 5 nitrogen and oxygen atoms in total. The van der Waals surface area contributed by atoms with Gasteiger partial charge in [-0.25, -0.2) is 4.99 Å². The molecule has 26 heavy (non-hydrogen) atoms. The minimum atomic E-state index is 0. The standard InChI is InChI=1S/C18H24BrN3O2S.HI/c1-4-20-18(22-12-14-6-8-17(19)25-14)21-10-9-13-5-7-15(23-2)16(11-13)24-3;/h5-8,11H,4,9-10,12H2,1-3H3,(H2,20,21,22);1H. The monoisotopic (exact) mass is 553 g/mol. The van der Waals surface area contributed by atoms with Crippen LogP contribution in [0.3, 0.4) is 0 Å². The summed E-state index contributed by atoms with van der Waals surface area (Å²) >= 11 is 5.18. The summed E-state index contributed by atoms with van der Waals surface area (Å²) in [6.07, 6.45) is 0.870. The molecule has 2 aromatic rings. The summed E-state index contributed by atoms with van der Waals surface area (Å²) in [5.41, 5.74) is 1.18. The molecule has 0 aliphatic rings. The Kier molecular flexibility index (Phi) is 11.0. The number of methoxy groups -OCH3 is 2. The molecule has 0 aliphatic carbocycles. The maximum atomic E-state index is 5.35. The molecule has 2 N–H and O–H groups in total. The van der Waals surface area contributed by atoms with E-state index in [1.165, 1.54) is 10.4 Å². The van der Waals surface area contributed by atoms with Crippen LogP contribution < -0.4 is 20.1 Å². The number of guanidine groups is 1. The first-order valence-corrected chi connectivity index (χ1v) is 9.74. The maximum Gasteiger partial charge on any atom is 0.191 e. The van der Waals surface area contributed by atoms with Crippen LogP contribution in [0.2, 0.25) is 0 Å². The minimum Gasteiger partial charge on any atom is -0.493 e. The van der Waals surface area contributed by atoms with E-state index < -0.39 is 0 Å². The van der Waals surface area contributed by atoms with E-state index in [2.05, 4.69) is 50.6 Å². The van der Waals surface area contributed by atoms with Gasteiger partial charge in [-0.05, 0) is 59.1 Å². The molecule has 0 saturated heterocycles. The zero-order valence-electron chi connectivity index (χ0n) is 15.2. The zero-order chi connectivity index (χ0) is 18.1. The Hall–Kier alpha value is -1.00. The fourth-order valence-electron chi connectivity index (χ4n) is 2.30. The molecule has 1 aromatic heterocycles. The third kappa shape index (κ3) is 7.32. The van der Waals surface area contributed by atoms with Crippen molar-refractivity contribution in [2.24, 2.45) is 4.99 Å². The molecule has 2 rings (SSSR count). The number of ether oxygens (including phenoxy) is 2. The Morgan fingerprint density at radius 2 is 1.88 bits per heavy atom. The molecule has 0 bridgehead atoms. The highest BCUT2D eigenvalue weighted by Crippen LogP contribution is 2.27. The number of hydrogen-bond donors (Lipinski definition) is 2. The molecule has 1 aromatic carbocycles. The first kappa shape index (κ1) is 23.0. The van der Waals surface area contributed by atoms with E-state index in [4.69, 9.17) is 9.47 Å². The van der Waals surface area contributed by atoms with E-state index in [1.54, 1.807) is 25.6 Å². The first-order chi connectivity index (χ1) is 12.2. The average Bonchev–Trinajstić information content (AvgIpc) is 3.04. The molecule has 0 aliphatic heterocycles. The Balaban J connectivity index is 0.00000338. The molecule has 0 radical (unpaired) electrons. The third-order valence-corrected chi connectivity index (χ3v) is 5.13. The summed E-state index contributed by atoms with van der Waals surface area (Å²) < 4.78 is 11.7. The lowest BCUT2D eigenvalue weighted by Crippen LogP contribution is -2.38. The van der Waals surface area contributed by atoms with Crippen molar-refractivity contribution in [3.8, 4) is 11.5 Å². The van der Waals surface area contributed by atoms with E-state index in [1.807, 2.05) is 18.2 Å². The van der Waals surface area contributed by atoms with Gasteiger partial charge in [0.15, 0.2) is 17.5 Å². The number of nitrogens with zero attached hydrogens (tertiary/aromatic N) is 1. The maximum absolute atomic E-state index is 5.35. The number of aliphatic imine (C=N–C) groups is 1. The van der Waals surface area contributed by atoms with E-state index >= 15 is 0 Å². The lowest BCUT2D eigenvalue weighted by atomic mass is 10.1. The molecule has 8 heteroatoms. The van der Waals surface area contributed by atoms with Crippen LogP contribution in [0, 0.1) is 0 Å². The van der Waals surface area contributed by atoms with Gasteiger partial charge in [0.2, 0.25) is 0 Å². The van der Waals surface area contributed by atoms with Gasteiger partial charge in [0, 0.05) is 18.0 Å². The van der Waals surface area contributed by atoms with Crippen molar-refractivity contribution in [2.45, 2.75) is 19.9 Å². The van der Waals surface area contributed by atoms with E-state index in [9.17, 15) is 0 Å². The lowest BCUT2D eigenvalue weighted by Gasteiger charge is -2.12. The zero-order valence-corrected chi connectivity index (χ0v) is 19.9. The normalized spacial score (nSPS) is 10.8. The van der Waals surface area contributed by atoms with Crippen molar-refractivity contribution in [1.29, 1.82) is 0 Å². The van der Waals surface area contributed by atoms with Crippen molar-refractivity contribution in [2.75, 3.05) is 27.3 Å². The van der Waals surface area contributed by atoms with Crippen LogP contribution in [-0.4, -0.2) is 33.3 Å². The van der Waals surface area contributed by atoms with Gasteiger partial charge in [-0.1, -0.05) is 6.07 Å².